The number of benzene rings is 1. The van der Waals surface area contributed by atoms with E-state index in [1.807, 2.05) is 58.0 Å². The Morgan fingerprint density at radius 1 is 0.714 bits per heavy atom. The summed E-state index contributed by atoms with van der Waals surface area (Å²) in [5, 5.41) is 0. The van der Waals surface area contributed by atoms with Gasteiger partial charge in [0.15, 0.2) is 5.78 Å². The van der Waals surface area contributed by atoms with Gasteiger partial charge in [-0.2, -0.15) is 0 Å². The topological polar surface area (TPSA) is 17.1 Å². The lowest BCUT2D eigenvalue weighted by molar-refractivity contribution is 0.101. The molecule has 0 radical (unpaired) electrons. The molecule has 0 aliphatic rings. The normalized spacial score (nSPS) is 9.86. The van der Waals surface area contributed by atoms with Crippen LogP contribution in [0.1, 0.15) is 86.5 Å². The minimum atomic E-state index is 0.121. The average molecular weight is 295 g/mol. The van der Waals surface area contributed by atoms with Gasteiger partial charge in [-0.25, -0.2) is 0 Å². The average Bonchev–Trinajstić information content (AvgIpc) is 2.43. The molecule has 0 atom stereocenters. The second-order valence-corrected chi connectivity index (χ2v) is 6.42. The third kappa shape index (κ3) is 13.6. The molecule has 0 unspecified atom stereocenters. The lowest BCUT2D eigenvalue weighted by Gasteiger charge is -2.34. The van der Waals surface area contributed by atoms with Gasteiger partial charge < -0.3 is 0 Å². The van der Waals surface area contributed by atoms with Crippen molar-refractivity contribution in [3.05, 3.63) is 35.9 Å². The second-order valence-electron chi connectivity index (χ2n) is 6.42. The number of hydrogen-bond donors (Lipinski definition) is 0. The summed E-state index contributed by atoms with van der Waals surface area (Å²) in [5.41, 5.74) is 1.65. The van der Waals surface area contributed by atoms with Crippen molar-refractivity contribution in [1.29, 1.82) is 0 Å². The van der Waals surface area contributed by atoms with E-state index in [0.717, 1.165) is 5.56 Å². The SMILES string of the molecule is CC.CC.CC(=O)c1ccccc1.CC(C)(C)C(C)(C)C. The zero-order valence-electron chi connectivity index (χ0n) is 16.3. The number of hydrogen-bond acceptors (Lipinski definition) is 1. The highest BCUT2D eigenvalue weighted by molar-refractivity contribution is 5.93. The molecule has 1 nitrogen and oxygen atoms in total. The van der Waals surface area contributed by atoms with Gasteiger partial charge in [0.05, 0.1) is 0 Å². The van der Waals surface area contributed by atoms with E-state index in [9.17, 15) is 4.79 Å². The molecule has 1 heteroatoms. The molecule has 124 valence electrons. The first kappa shape index (κ1) is 24.9. The van der Waals surface area contributed by atoms with Gasteiger partial charge in [-0.1, -0.05) is 99.6 Å². The molecule has 0 saturated carbocycles. The first-order valence-electron chi connectivity index (χ1n) is 8.11. The number of ketones is 1. The third-order valence-corrected chi connectivity index (χ3v) is 3.43. The lowest BCUT2D eigenvalue weighted by Crippen LogP contribution is -2.25. The summed E-state index contributed by atoms with van der Waals surface area (Å²) in [7, 11) is 0. The fourth-order valence-corrected chi connectivity index (χ4v) is 0.673. The van der Waals surface area contributed by atoms with E-state index in [1.165, 1.54) is 0 Å². The molecule has 1 aromatic carbocycles. The highest BCUT2D eigenvalue weighted by atomic mass is 16.1. The Balaban J connectivity index is -0.000000251. The zero-order valence-corrected chi connectivity index (χ0v) is 16.3. The molecule has 0 spiro atoms. The Bertz CT molecular complexity index is 324. The van der Waals surface area contributed by atoms with Gasteiger partial charge in [-0.15, -0.1) is 0 Å². The summed E-state index contributed by atoms with van der Waals surface area (Å²) >= 11 is 0. The van der Waals surface area contributed by atoms with E-state index in [1.54, 1.807) is 6.92 Å². The van der Waals surface area contributed by atoms with Gasteiger partial charge in [0, 0.05) is 5.56 Å². The van der Waals surface area contributed by atoms with Crippen molar-refractivity contribution in [2.24, 2.45) is 10.8 Å². The van der Waals surface area contributed by atoms with Crippen LogP contribution in [0.3, 0.4) is 0 Å². The highest BCUT2D eigenvalue weighted by Gasteiger charge is 2.26. The van der Waals surface area contributed by atoms with Crippen molar-refractivity contribution in [3.63, 3.8) is 0 Å². The van der Waals surface area contributed by atoms with E-state index >= 15 is 0 Å². The van der Waals surface area contributed by atoms with Crippen LogP contribution in [-0.4, -0.2) is 5.78 Å². The van der Waals surface area contributed by atoms with Crippen LogP contribution in [0.4, 0.5) is 0 Å². The van der Waals surface area contributed by atoms with E-state index < -0.39 is 0 Å². The third-order valence-electron chi connectivity index (χ3n) is 3.43. The van der Waals surface area contributed by atoms with Crippen LogP contribution in [-0.2, 0) is 0 Å². The van der Waals surface area contributed by atoms with Crippen LogP contribution in [0.2, 0.25) is 0 Å². The molecule has 21 heavy (non-hydrogen) atoms. The van der Waals surface area contributed by atoms with Gasteiger partial charge >= 0.3 is 0 Å². The van der Waals surface area contributed by atoms with Gasteiger partial charge in [-0.05, 0) is 17.8 Å². The summed E-state index contributed by atoms with van der Waals surface area (Å²) in [6.07, 6.45) is 0. The maximum absolute atomic E-state index is 10.6. The standard InChI is InChI=1S/C8H8O.C8H18.2C2H6/c1-7(9)8-5-3-2-4-6-8;1-7(2,3)8(4,5)6;2*1-2/h2-6H,1H3;1-6H3;2*1-2H3. The Labute approximate surface area is 134 Å². The van der Waals surface area contributed by atoms with Crippen LogP contribution in [0.25, 0.3) is 0 Å². The maximum atomic E-state index is 10.6. The van der Waals surface area contributed by atoms with Crippen molar-refractivity contribution >= 4 is 5.78 Å². The number of carbonyl (C=O) groups is 1. The number of carbonyl (C=O) groups excluding carboxylic acids is 1. The van der Waals surface area contributed by atoms with E-state index in [-0.39, 0.29) is 5.78 Å². The van der Waals surface area contributed by atoms with Crippen molar-refractivity contribution < 1.29 is 4.79 Å². The Kier molecular flexibility index (Phi) is 14.9. The molecular weight excluding hydrogens is 256 g/mol. The van der Waals surface area contributed by atoms with Crippen LogP contribution >= 0.6 is 0 Å². The van der Waals surface area contributed by atoms with E-state index in [2.05, 4.69) is 41.5 Å². The summed E-state index contributed by atoms with van der Waals surface area (Å²) in [6, 6.07) is 9.23. The van der Waals surface area contributed by atoms with Gasteiger partial charge in [0.25, 0.3) is 0 Å². The number of rotatable bonds is 1. The van der Waals surface area contributed by atoms with Crippen LogP contribution in [0.5, 0.6) is 0 Å². The molecule has 1 aromatic rings. The van der Waals surface area contributed by atoms with Crippen LogP contribution < -0.4 is 0 Å². The fourth-order valence-electron chi connectivity index (χ4n) is 0.673. The summed E-state index contributed by atoms with van der Waals surface area (Å²) in [4.78, 5) is 10.6. The summed E-state index contributed by atoms with van der Waals surface area (Å²) in [5.74, 6) is 0.121. The second kappa shape index (κ2) is 12.6. The van der Waals surface area contributed by atoms with Crippen molar-refractivity contribution in [2.45, 2.75) is 76.2 Å². The quantitative estimate of drug-likeness (QED) is 0.508. The molecule has 0 heterocycles. The number of Topliss-reactive ketones (excluding diaryl/α,β-unsaturated/α-hetero) is 1. The van der Waals surface area contributed by atoms with Gasteiger partial charge in [0.1, 0.15) is 0 Å². The minimum absolute atomic E-state index is 0.121. The largest absolute Gasteiger partial charge is 0.295 e. The molecule has 1 rings (SSSR count). The summed E-state index contributed by atoms with van der Waals surface area (Å²) < 4.78 is 0. The molecule has 0 aliphatic carbocycles. The van der Waals surface area contributed by atoms with E-state index in [0.29, 0.717) is 10.8 Å². The molecule has 0 saturated heterocycles. The molecule has 0 bridgehead atoms. The lowest BCUT2D eigenvalue weighted by atomic mass is 9.71. The molecular formula is C20H38O. The first-order chi connectivity index (χ1) is 9.55. The Morgan fingerprint density at radius 2 is 1.00 bits per heavy atom. The Morgan fingerprint density at radius 3 is 1.14 bits per heavy atom. The Hall–Kier alpha value is -1.11. The fraction of sp³-hybridized carbons (Fsp3) is 0.650. The highest BCUT2D eigenvalue weighted by Crippen LogP contribution is 2.36. The monoisotopic (exact) mass is 294 g/mol. The molecule has 0 amide bonds. The molecule has 0 aliphatic heterocycles. The zero-order chi connectivity index (χ0) is 17.7. The maximum Gasteiger partial charge on any atom is 0.159 e. The predicted octanol–water partition coefficient (Wildman–Crippen LogP) is 7.02. The van der Waals surface area contributed by atoms with Crippen molar-refractivity contribution in [1.82, 2.24) is 0 Å². The van der Waals surface area contributed by atoms with Gasteiger partial charge in [0.2, 0.25) is 0 Å². The molecule has 0 N–H and O–H groups in total. The summed E-state index contributed by atoms with van der Waals surface area (Å²) in [6.45, 7) is 23.2. The smallest absolute Gasteiger partial charge is 0.159 e. The predicted molar refractivity (Wildman–Crippen MR) is 98.1 cm³/mol. The molecule has 0 aromatic heterocycles. The van der Waals surface area contributed by atoms with Crippen molar-refractivity contribution in [2.75, 3.05) is 0 Å². The van der Waals surface area contributed by atoms with Gasteiger partial charge in [-0.3, -0.25) is 4.79 Å². The minimum Gasteiger partial charge on any atom is -0.295 e. The van der Waals surface area contributed by atoms with Crippen LogP contribution in [0.15, 0.2) is 30.3 Å². The molecule has 0 fully saturated rings. The first-order valence-corrected chi connectivity index (χ1v) is 8.11. The van der Waals surface area contributed by atoms with Crippen LogP contribution in [0, 0.1) is 10.8 Å². The van der Waals surface area contributed by atoms with Crippen molar-refractivity contribution in [3.8, 4) is 0 Å². The van der Waals surface area contributed by atoms with E-state index in [4.69, 9.17) is 0 Å².